The van der Waals surface area contributed by atoms with E-state index in [1.165, 1.54) is 0 Å². The van der Waals surface area contributed by atoms with Crippen LogP contribution in [0.1, 0.15) is 10.4 Å². The van der Waals surface area contributed by atoms with Gasteiger partial charge < -0.3 is 4.74 Å². The van der Waals surface area contributed by atoms with Gasteiger partial charge in [-0.05, 0) is 36.4 Å². The van der Waals surface area contributed by atoms with Gasteiger partial charge in [-0.1, -0.05) is 40.2 Å². The molecular weight excluding hydrogens is 378 g/mol. The van der Waals surface area contributed by atoms with Crippen LogP contribution in [0.15, 0.2) is 77.3 Å². The van der Waals surface area contributed by atoms with Crippen LogP contribution in [0.25, 0.3) is 21.8 Å². The average molecular weight is 393 g/mol. The number of rotatable bonds is 2. The fourth-order valence-corrected chi connectivity index (χ4v) is 3.37. The number of esters is 1. The molecule has 0 bridgehead atoms. The smallest absolute Gasteiger partial charge is 0.345 e. The SMILES string of the molecule is C[n+]1c2ccccc2c(C(=O)Oc2ccc(Br)cc2)c2ccccc21. The van der Waals surface area contributed by atoms with E-state index in [0.29, 0.717) is 11.3 Å². The third-order valence-electron chi connectivity index (χ3n) is 4.30. The van der Waals surface area contributed by atoms with Gasteiger partial charge in [0.1, 0.15) is 12.8 Å². The number of para-hydroxylation sites is 2. The number of hydrogen-bond donors (Lipinski definition) is 0. The van der Waals surface area contributed by atoms with Crippen LogP contribution in [0.2, 0.25) is 0 Å². The first kappa shape index (κ1) is 15.8. The number of benzene rings is 3. The molecule has 25 heavy (non-hydrogen) atoms. The van der Waals surface area contributed by atoms with Crippen molar-refractivity contribution in [3.63, 3.8) is 0 Å². The summed E-state index contributed by atoms with van der Waals surface area (Å²) in [5.41, 5.74) is 2.57. The van der Waals surface area contributed by atoms with Crippen molar-refractivity contribution in [3.05, 3.63) is 82.8 Å². The molecule has 0 radical (unpaired) electrons. The Morgan fingerprint density at radius 2 is 1.36 bits per heavy atom. The Balaban J connectivity index is 1.93. The van der Waals surface area contributed by atoms with Crippen molar-refractivity contribution < 1.29 is 14.1 Å². The first-order valence-corrected chi connectivity index (χ1v) is 8.71. The van der Waals surface area contributed by atoms with Crippen LogP contribution in [0.5, 0.6) is 5.75 Å². The maximum absolute atomic E-state index is 13.0. The summed E-state index contributed by atoms with van der Waals surface area (Å²) in [6.07, 6.45) is 0. The maximum atomic E-state index is 13.0. The predicted molar refractivity (Wildman–Crippen MR) is 102 cm³/mol. The lowest BCUT2D eigenvalue weighted by Crippen LogP contribution is -2.31. The monoisotopic (exact) mass is 392 g/mol. The molecule has 0 atom stereocenters. The zero-order valence-electron chi connectivity index (χ0n) is 13.6. The van der Waals surface area contributed by atoms with Gasteiger partial charge in [-0.25, -0.2) is 4.79 Å². The molecule has 122 valence electrons. The molecule has 1 aromatic heterocycles. The molecule has 0 amide bonds. The second kappa shape index (κ2) is 6.30. The van der Waals surface area contributed by atoms with Crippen LogP contribution >= 0.6 is 15.9 Å². The molecule has 0 spiro atoms. The van der Waals surface area contributed by atoms with Crippen molar-refractivity contribution >= 4 is 43.7 Å². The molecule has 0 unspecified atom stereocenters. The van der Waals surface area contributed by atoms with Crippen molar-refractivity contribution in [1.82, 2.24) is 0 Å². The molecule has 4 rings (SSSR count). The number of carbonyl (C=O) groups is 1. The lowest BCUT2D eigenvalue weighted by atomic mass is 10.0. The van der Waals surface area contributed by atoms with Crippen LogP contribution in [-0.4, -0.2) is 5.97 Å². The lowest BCUT2D eigenvalue weighted by molar-refractivity contribution is -0.617. The Hall–Kier alpha value is -2.72. The minimum atomic E-state index is -0.352. The van der Waals surface area contributed by atoms with Crippen LogP contribution < -0.4 is 9.30 Å². The van der Waals surface area contributed by atoms with Gasteiger partial charge in [0.15, 0.2) is 0 Å². The summed E-state index contributed by atoms with van der Waals surface area (Å²) in [6, 6.07) is 23.0. The molecule has 3 nitrogen and oxygen atoms in total. The second-order valence-electron chi connectivity index (χ2n) is 5.81. The average Bonchev–Trinajstić information content (AvgIpc) is 2.64. The van der Waals surface area contributed by atoms with Crippen molar-refractivity contribution in [2.75, 3.05) is 0 Å². The van der Waals surface area contributed by atoms with E-state index in [4.69, 9.17) is 4.74 Å². The molecule has 0 fully saturated rings. The number of ether oxygens (including phenoxy) is 1. The van der Waals surface area contributed by atoms with Crippen molar-refractivity contribution in [3.8, 4) is 5.75 Å². The topological polar surface area (TPSA) is 30.2 Å². The molecule has 3 aromatic carbocycles. The summed E-state index contributed by atoms with van der Waals surface area (Å²) in [6.45, 7) is 0. The Morgan fingerprint density at radius 1 is 0.840 bits per heavy atom. The summed E-state index contributed by atoms with van der Waals surface area (Å²) < 4.78 is 8.68. The number of hydrogen-bond acceptors (Lipinski definition) is 2. The van der Waals surface area contributed by atoms with Crippen molar-refractivity contribution in [2.24, 2.45) is 7.05 Å². The highest BCUT2D eigenvalue weighted by Gasteiger charge is 2.23. The fraction of sp³-hybridized carbons (Fsp3) is 0.0476. The molecule has 0 saturated carbocycles. The van der Waals surface area contributed by atoms with Gasteiger partial charge in [0.2, 0.25) is 11.0 Å². The molecule has 4 heteroatoms. The number of aryl methyl sites for hydroxylation is 1. The van der Waals surface area contributed by atoms with Gasteiger partial charge in [0.05, 0.1) is 16.3 Å². The summed E-state index contributed by atoms with van der Waals surface area (Å²) in [4.78, 5) is 13.0. The zero-order valence-corrected chi connectivity index (χ0v) is 15.2. The molecule has 0 aliphatic rings. The van der Waals surface area contributed by atoms with Gasteiger partial charge in [-0.3, -0.25) is 0 Å². The van der Waals surface area contributed by atoms with E-state index in [1.807, 2.05) is 67.7 Å². The summed E-state index contributed by atoms with van der Waals surface area (Å²) in [5, 5.41) is 1.76. The van der Waals surface area contributed by atoms with Crippen LogP contribution in [0, 0.1) is 0 Å². The van der Waals surface area contributed by atoms with E-state index in [0.717, 1.165) is 26.3 Å². The number of halogens is 1. The van der Waals surface area contributed by atoms with E-state index < -0.39 is 0 Å². The highest BCUT2D eigenvalue weighted by atomic mass is 79.9. The molecule has 0 N–H and O–H groups in total. The third-order valence-corrected chi connectivity index (χ3v) is 4.83. The summed E-state index contributed by atoms with van der Waals surface area (Å²) in [7, 11) is 2.01. The lowest BCUT2D eigenvalue weighted by Gasteiger charge is -2.10. The van der Waals surface area contributed by atoms with Gasteiger partial charge in [0, 0.05) is 16.6 Å². The Bertz CT molecular complexity index is 1050. The van der Waals surface area contributed by atoms with Crippen molar-refractivity contribution in [2.45, 2.75) is 0 Å². The third kappa shape index (κ3) is 2.79. The number of carbonyl (C=O) groups excluding carboxylic acids is 1. The van der Waals surface area contributed by atoms with Gasteiger partial charge >= 0.3 is 5.97 Å². The Labute approximate surface area is 153 Å². The molecule has 4 aromatic rings. The molecule has 0 aliphatic heterocycles. The second-order valence-corrected chi connectivity index (χ2v) is 6.73. The first-order valence-electron chi connectivity index (χ1n) is 7.92. The van der Waals surface area contributed by atoms with Gasteiger partial charge in [-0.15, -0.1) is 0 Å². The molecule has 0 aliphatic carbocycles. The normalized spacial score (nSPS) is 11.0. The predicted octanol–water partition coefficient (Wildman–Crippen LogP) is 4.80. The van der Waals surface area contributed by atoms with E-state index in [1.54, 1.807) is 12.1 Å². The highest BCUT2D eigenvalue weighted by Crippen LogP contribution is 2.26. The van der Waals surface area contributed by atoms with Crippen molar-refractivity contribution in [1.29, 1.82) is 0 Å². The van der Waals surface area contributed by atoms with E-state index in [-0.39, 0.29) is 5.97 Å². The summed E-state index contributed by atoms with van der Waals surface area (Å²) >= 11 is 3.39. The summed E-state index contributed by atoms with van der Waals surface area (Å²) in [5.74, 6) is 0.171. The van der Waals surface area contributed by atoms with E-state index in [2.05, 4.69) is 20.5 Å². The first-order chi connectivity index (χ1) is 12.1. The zero-order chi connectivity index (χ0) is 17.4. The Morgan fingerprint density at radius 3 is 1.92 bits per heavy atom. The quantitative estimate of drug-likeness (QED) is 0.212. The minimum Gasteiger partial charge on any atom is -0.423 e. The number of fused-ring (bicyclic) bond motifs is 2. The fourth-order valence-electron chi connectivity index (χ4n) is 3.11. The van der Waals surface area contributed by atoms with Gasteiger partial charge in [-0.2, -0.15) is 4.57 Å². The van der Waals surface area contributed by atoms with E-state index in [9.17, 15) is 4.79 Å². The molecular formula is C21H15BrNO2+. The molecule has 0 saturated heterocycles. The van der Waals surface area contributed by atoms with E-state index >= 15 is 0 Å². The minimum absolute atomic E-state index is 0.352. The number of nitrogens with zero attached hydrogens (tertiary/aromatic N) is 1. The largest absolute Gasteiger partial charge is 0.423 e. The van der Waals surface area contributed by atoms with Crippen LogP contribution in [-0.2, 0) is 7.05 Å². The Kier molecular flexibility index (Phi) is 3.98. The number of pyridine rings is 1. The molecule has 1 heterocycles. The van der Waals surface area contributed by atoms with Crippen LogP contribution in [0.4, 0.5) is 0 Å². The maximum Gasteiger partial charge on any atom is 0.345 e. The van der Waals surface area contributed by atoms with Crippen LogP contribution in [0.3, 0.4) is 0 Å². The standard InChI is InChI=1S/C21H15BrNO2/c1-23-18-8-4-2-6-16(18)20(17-7-3-5-9-19(17)23)21(24)25-15-12-10-14(22)11-13-15/h2-13H,1H3/q+1. The highest BCUT2D eigenvalue weighted by molar-refractivity contribution is 9.10. The number of aromatic nitrogens is 1. The van der Waals surface area contributed by atoms with Gasteiger partial charge in [0.25, 0.3) is 0 Å².